The standard InChI is InChI=1S/C22H29ClN4O2S/c1-15-13-16(23)10-11-18(15)29-14-20-25-26-22(27(20)17-7-3-2-4-8-17)30-19-9-5-6-12-24-21(19)28/h10-11,13,17,19H,2-9,12,14H2,1H3,(H,24,28)/t19-/m0/s1. The van der Waals surface area contributed by atoms with Crippen LogP contribution in [0.2, 0.25) is 5.02 Å². The monoisotopic (exact) mass is 448 g/mol. The number of nitrogens with one attached hydrogen (secondary N) is 1. The van der Waals surface area contributed by atoms with E-state index in [4.69, 9.17) is 16.3 Å². The number of halogens is 1. The summed E-state index contributed by atoms with van der Waals surface area (Å²) in [5, 5.41) is 13.4. The number of nitrogens with zero attached hydrogens (tertiary/aromatic N) is 3. The topological polar surface area (TPSA) is 69.0 Å². The van der Waals surface area contributed by atoms with Gasteiger partial charge in [-0.25, -0.2) is 0 Å². The molecule has 1 atom stereocenters. The summed E-state index contributed by atoms with van der Waals surface area (Å²) in [7, 11) is 0. The number of aryl methyl sites for hydroxylation is 1. The zero-order valence-electron chi connectivity index (χ0n) is 17.4. The molecular weight excluding hydrogens is 420 g/mol. The third-order valence-electron chi connectivity index (χ3n) is 5.90. The molecule has 1 aromatic heterocycles. The summed E-state index contributed by atoms with van der Waals surface area (Å²) < 4.78 is 8.33. The van der Waals surface area contributed by atoms with Crippen molar-refractivity contribution in [1.82, 2.24) is 20.1 Å². The number of hydrogen-bond donors (Lipinski definition) is 1. The maximum Gasteiger partial charge on any atom is 0.233 e. The molecule has 4 rings (SSSR count). The van der Waals surface area contributed by atoms with Gasteiger partial charge >= 0.3 is 0 Å². The van der Waals surface area contributed by atoms with Crippen molar-refractivity contribution >= 4 is 29.3 Å². The zero-order valence-corrected chi connectivity index (χ0v) is 19.0. The molecule has 1 saturated heterocycles. The minimum atomic E-state index is -0.105. The SMILES string of the molecule is Cc1cc(Cl)ccc1OCc1nnc(S[C@H]2CCCCNC2=O)n1C1CCCCC1. The van der Waals surface area contributed by atoms with Gasteiger partial charge in [-0.05, 0) is 56.4 Å². The molecule has 1 saturated carbocycles. The highest BCUT2D eigenvalue weighted by molar-refractivity contribution is 8.00. The Kier molecular flexibility index (Phi) is 7.20. The van der Waals surface area contributed by atoms with E-state index in [1.165, 1.54) is 19.3 Å². The molecule has 2 aliphatic rings. The molecule has 1 amide bonds. The summed E-state index contributed by atoms with van der Waals surface area (Å²) in [5.41, 5.74) is 0.996. The van der Waals surface area contributed by atoms with E-state index in [2.05, 4.69) is 20.1 Å². The number of amides is 1. The molecule has 1 aliphatic heterocycles. The summed E-state index contributed by atoms with van der Waals surface area (Å²) >= 11 is 7.62. The average Bonchev–Trinajstić information content (AvgIpc) is 3.03. The molecule has 1 aliphatic carbocycles. The quantitative estimate of drug-likeness (QED) is 0.666. The number of aromatic nitrogens is 3. The van der Waals surface area contributed by atoms with Crippen molar-refractivity contribution in [2.75, 3.05) is 6.54 Å². The fraction of sp³-hybridized carbons (Fsp3) is 0.591. The highest BCUT2D eigenvalue weighted by Gasteiger charge is 2.28. The first-order valence-electron chi connectivity index (χ1n) is 10.9. The lowest BCUT2D eigenvalue weighted by Gasteiger charge is -2.26. The van der Waals surface area contributed by atoms with Gasteiger partial charge in [-0.15, -0.1) is 10.2 Å². The first-order chi connectivity index (χ1) is 14.6. The predicted molar refractivity (Wildman–Crippen MR) is 119 cm³/mol. The van der Waals surface area contributed by atoms with E-state index in [1.807, 2.05) is 25.1 Å². The van der Waals surface area contributed by atoms with E-state index in [1.54, 1.807) is 11.8 Å². The van der Waals surface area contributed by atoms with Gasteiger partial charge < -0.3 is 10.1 Å². The van der Waals surface area contributed by atoms with E-state index in [-0.39, 0.29) is 11.2 Å². The summed E-state index contributed by atoms with van der Waals surface area (Å²) in [6, 6.07) is 6.00. The van der Waals surface area contributed by atoms with Gasteiger partial charge in [0.25, 0.3) is 0 Å². The second kappa shape index (κ2) is 10.1. The molecule has 0 spiro atoms. The van der Waals surface area contributed by atoms with Crippen LogP contribution < -0.4 is 10.1 Å². The lowest BCUT2D eigenvalue weighted by molar-refractivity contribution is -0.120. The van der Waals surface area contributed by atoms with Crippen LogP contribution in [-0.4, -0.2) is 32.5 Å². The van der Waals surface area contributed by atoms with Crippen LogP contribution in [0.25, 0.3) is 0 Å². The van der Waals surface area contributed by atoms with Crippen LogP contribution in [0.15, 0.2) is 23.4 Å². The van der Waals surface area contributed by atoms with Gasteiger partial charge in [-0.1, -0.05) is 49.0 Å². The van der Waals surface area contributed by atoms with Crippen molar-refractivity contribution < 1.29 is 9.53 Å². The molecule has 30 heavy (non-hydrogen) atoms. The summed E-state index contributed by atoms with van der Waals surface area (Å²) in [4.78, 5) is 12.5. The zero-order chi connectivity index (χ0) is 20.9. The van der Waals surface area contributed by atoms with Gasteiger partial charge in [0.05, 0.1) is 5.25 Å². The molecule has 0 unspecified atom stereocenters. The smallest absolute Gasteiger partial charge is 0.233 e. The van der Waals surface area contributed by atoms with Crippen molar-refractivity contribution in [3.63, 3.8) is 0 Å². The largest absolute Gasteiger partial charge is 0.485 e. The van der Waals surface area contributed by atoms with Gasteiger partial charge in [0.1, 0.15) is 12.4 Å². The van der Waals surface area contributed by atoms with Crippen LogP contribution in [-0.2, 0) is 11.4 Å². The van der Waals surface area contributed by atoms with E-state index >= 15 is 0 Å². The molecule has 8 heteroatoms. The molecule has 162 valence electrons. The maximum atomic E-state index is 12.5. The first kappa shape index (κ1) is 21.5. The Bertz CT molecular complexity index is 882. The van der Waals surface area contributed by atoms with Gasteiger partial charge in [0.2, 0.25) is 5.91 Å². The highest BCUT2D eigenvalue weighted by Crippen LogP contribution is 2.35. The Balaban J connectivity index is 1.55. The lowest BCUT2D eigenvalue weighted by atomic mass is 9.95. The second-order valence-electron chi connectivity index (χ2n) is 8.15. The van der Waals surface area contributed by atoms with Gasteiger partial charge in [-0.2, -0.15) is 0 Å². The normalized spacial score (nSPS) is 20.6. The van der Waals surface area contributed by atoms with E-state index < -0.39 is 0 Å². The number of hydrogen-bond acceptors (Lipinski definition) is 5. The second-order valence-corrected chi connectivity index (χ2v) is 9.76. The van der Waals surface area contributed by atoms with Crippen LogP contribution >= 0.6 is 23.4 Å². The number of ether oxygens (including phenoxy) is 1. The number of carbonyl (C=O) groups is 1. The highest BCUT2D eigenvalue weighted by atomic mass is 35.5. The molecule has 1 N–H and O–H groups in total. The Morgan fingerprint density at radius 3 is 2.77 bits per heavy atom. The summed E-state index contributed by atoms with van der Waals surface area (Å²) in [5.74, 6) is 1.74. The van der Waals surface area contributed by atoms with Gasteiger partial charge in [-0.3, -0.25) is 9.36 Å². The van der Waals surface area contributed by atoms with Gasteiger partial charge in [0, 0.05) is 17.6 Å². The fourth-order valence-electron chi connectivity index (χ4n) is 4.26. The van der Waals surface area contributed by atoms with Crippen molar-refractivity contribution in [2.45, 2.75) is 81.3 Å². The van der Waals surface area contributed by atoms with Crippen LogP contribution in [0.3, 0.4) is 0 Å². The summed E-state index contributed by atoms with van der Waals surface area (Å²) in [6.07, 6.45) is 8.93. The predicted octanol–water partition coefficient (Wildman–Crippen LogP) is 5.08. The molecule has 0 radical (unpaired) electrons. The van der Waals surface area contributed by atoms with Crippen LogP contribution in [0, 0.1) is 6.92 Å². The van der Waals surface area contributed by atoms with E-state index in [0.717, 1.165) is 60.9 Å². The number of carbonyl (C=O) groups excluding carboxylic acids is 1. The summed E-state index contributed by atoms with van der Waals surface area (Å²) in [6.45, 7) is 3.10. The third kappa shape index (κ3) is 5.11. The van der Waals surface area contributed by atoms with E-state index in [9.17, 15) is 4.79 Å². The molecule has 1 aromatic carbocycles. The minimum Gasteiger partial charge on any atom is -0.485 e. The lowest BCUT2D eigenvalue weighted by Crippen LogP contribution is -2.31. The minimum absolute atomic E-state index is 0.105. The van der Waals surface area contributed by atoms with Crippen molar-refractivity contribution in [1.29, 1.82) is 0 Å². The molecule has 6 nitrogen and oxygen atoms in total. The van der Waals surface area contributed by atoms with Crippen LogP contribution in [0.1, 0.15) is 68.8 Å². The number of benzene rings is 1. The third-order valence-corrected chi connectivity index (χ3v) is 7.36. The molecular formula is C22H29ClN4O2S. The first-order valence-corrected chi connectivity index (χ1v) is 12.1. The van der Waals surface area contributed by atoms with Crippen LogP contribution in [0.5, 0.6) is 5.75 Å². The Hall–Kier alpha value is -1.73. The molecule has 2 heterocycles. The average molecular weight is 449 g/mol. The molecule has 2 aromatic rings. The van der Waals surface area contributed by atoms with Crippen molar-refractivity contribution in [2.24, 2.45) is 0 Å². The van der Waals surface area contributed by atoms with Gasteiger partial charge in [0.15, 0.2) is 11.0 Å². The fourth-order valence-corrected chi connectivity index (χ4v) is 5.67. The Labute approximate surface area is 187 Å². The van der Waals surface area contributed by atoms with E-state index in [0.29, 0.717) is 17.7 Å². The molecule has 0 bridgehead atoms. The maximum absolute atomic E-state index is 12.5. The van der Waals surface area contributed by atoms with Crippen molar-refractivity contribution in [3.8, 4) is 5.75 Å². The number of rotatable bonds is 6. The molecule has 2 fully saturated rings. The number of thioether (sulfide) groups is 1. The Morgan fingerprint density at radius 1 is 1.17 bits per heavy atom. The van der Waals surface area contributed by atoms with Crippen molar-refractivity contribution in [3.05, 3.63) is 34.6 Å². The van der Waals surface area contributed by atoms with Crippen LogP contribution in [0.4, 0.5) is 0 Å². The Morgan fingerprint density at radius 2 is 1.97 bits per heavy atom.